The highest BCUT2D eigenvalue weighted by atomic mass is 32.1. The summed E-state index contributed by atoms with van der Waals surface area (Å²) in [5.41, 5.74) is 6.30. The molecule has 0 spiro atoms. The van der Waals surface area contributed by atoms with Gasteiger partial charge in [-0.2, -0.15) is 0 Å². The maximum atomic E-state index is 5.49. The summed E-state index contributed by atoms with van der Waals surface area (Å²) >= 11 is 1.63. The predicted octanol–water partition coefficient (Wildman–Crippen LogP) is 1.82. The van der Waals surface area contributed by atoms with Crippen molar-refractivity contribution in [1.29, 1.82) is 0 Å². The summed E-state index contributed by atoms with van der Waals surface area (Å²) in [6.45, 7) is 5.76. The molecular formula is C6H8NS. The molecule has 0 bridgehead atoms. The fraction of sp³-hybridized carbons (Fsp3) is 0.167. The normalized spacial score (nSPS) is 9.75. The second kappa shape index (κ2) is 1.78. The van der Waals surface area contributed by atoms with E-state index in [1.54, 1.807) is 11.3 Å². The van der Waals surface area contributed by atoms with Gasteiger partial charge in [-0.1, -0.05) is 0 Å². The van der Waals surface area contributed by atoms with E-state index in [4.69, 9.17) is 5.73 Å². The zero-order chi connectivity index (χ0) is 6.15. The van der Waals surface area contributed by atoms with Crippen LogP contribution in [-0.4, -0.2) is 0 Å². The van der Waals surface area contributed by atoms with Gasteiger partial charge in [-0.05, 0) is 19.9 Å². The minimum atomic E-state index is 0.813. The highest BCUT2D eigenvalue weighted by Gasteiger charge is 1.94. The van der Waals surface area contributed by atoms with E-state index in [9.17, 15) is 0 Å². The molecule has 2 N–H and O–H groups in total. The Morgan fingerprint density at radius 2 is 2.38 bits per heavy atom. The fourth-order valence-corrected chi connectivity index (χ4v) is 1.33. The van der Waals surface area contributed by atoms with Crippen LogP contribution >= 0.6 is 11.3 Å². The lowest BCUT2D eigenvalue weighted by Gasteiger charge is -1.80. The third-order valence-electron chi connectivity index (χ3n) is 0.965. The number of rotatable bonds is 0. The van der Waals surface area contributed by atoms with E-state index >= 15 is 0 Å². The Kier molecular flexibility index (Phi) is 1.26. The lowest BCUT2D eigenvalue weighted by molar-refractivity contribution is 1.63. The smallest absolute Gasteiger partial charge is 0.0458 e. The molecule has 1 rings (SSSR count). The van der Waals surface area contributed by atoms with Crippen LogP contribution < -0.4 is 5.73 Å². The molecule has 0 aliphatic heterocycles. The SMILES string of the molecule is [CH2]c1sc(C)cc1N. The van der Waals surface area contributed by atoms with Crippen molar-refractivity contribution in [3.05, 3.63) is 22.7 Å². The summed E-state index contributed by atoms with van der Waals surface area (Å²) in [4.78, 5) is 2.20. The summed E-state index contributed by atoms with van der Waals surface area (Å²) in [5, 5.41) is 0. The van der Waals surface area contributed by atoms with Crippen LogP contribution in [0.1, 0.15) is 9.75 Å². The van der Waals surface area contributed by atoms with Gasteiger partial charge in [0.2, 0.25) is 0 Å². The summed E-state index contributed by atoms with van der Waals surface area (Å²) in [6, 6.07) is 1.94. The highest BCUT2D eigenvalue weighted by molar-refractivity contribution is 7.12. The second-order valence-electron chi connectivity index (χ2n) is 1.74. The fourth-order valence-electron chi connectivity index (χ4n) is 0.582. The van der Waals surface area contributed by atoms with Crippen LogP contribution in [0, 0.1) is 13.8 Å². The molecule has 1 aromatic rings. The average Bonchev–Trinajstić information content (AvgIpc) is 1.85. The zero-order valence-corrected chi connectivity index (χ0v) is 5.59. The standard InChI is InChI=1S/C6H8NS/c1-4-3-6(7)5(2)8-4/h3H,2,7H2,1H3. The van der Waals surface area contributed by atoms with E-state index in [1.165, 1.54) is 4.88 Å². The van der Waals surface area contributed by atoms with Crippen molar-refractivity contribution in [2.75, 3.05) is 5.73 Å². The molecule has 1 radical (unpaired) electrons. The zero-order valence-electron chi connectivity index (χ0n) is 4.77. The van der Waals surface area contributed by atoms with Crippen molar-refractivity contribution >= 4 is 17.0 Å². The van der Waals surface area contributed by atoms with Crippen LogP contribution in [0.2, 0.25) is 0 Å². The molecule has 0 aromatic carbocycles. The van der Waals surface area contributed by atoms with Crippen LogP contribution in [0.25, 0.3) is 0 Å². The quantitative estimate of drug-likeness (QED) is 0.563. The molecule has 0 atom stereocenters. The highest BCUT2D eigenvalue weighted by Crippen LogP contribution is 2.21. The molecule has 1 heterocycles. The Hall–Kier alpha value is -0.500. The lowest BCUT2D eigenvalue weighted by Crippen LogP contribution is -1.80. The van der Waals surface area contributed by atoms with Crippen LogP contribution in [0.3, 0.4) is 0 Å². The lowest BCUT2D eigenvalue weighted by atomic mass is 10.4. The van der Waals surface area contributed by atoms with Crippen LogP contribution in [0.15, 0.2) is 6.07 Å². The second-order valence-corrected chi connectivity index (χ2v) is 3.08. The Bertz CT molecular complexity index is 171. The third-order valence-corrected chi connectivity index (χ3v) is 1.89. The molecule has 1 nitrogen and oxygen atoms in total. The van der Waals surface area contributed by atoms with Crippen molar-refractivity contribution in [2.45, 2.75) is 6.92 Å². The van der Waals surface area contributed by atoms with Crippen molar-refractivity contribution in [3.63, 3.8) is 0 Å². The summed E-state index contributed by atoms with van der Waals surface area (Å²) in [5.74, 6) is 0. The average molecular weight is 126 g/mol. The number of hydrogen-bond donors (Lipinski definition) is 1. The van der Waals surface area contributed by atoms with Gasteiger partial charge >= 0.3 is 0 Å². The van der Waals surface area contributed by atoms with Gasteiger partial charge in [-0.25, -0.2) is 0 Å². The van der Waals surface area contributed by atoms with Gasteiger partial charge < -0.3 is 5.73 Å². The summed E-state index contributed by atoms with van der Waals surface area (Å²) in [7, 11) is 0. The molecule has 0 fully saturated rings. The molecule has 0 aliphatic rings. The number of thiophene rings is 1. The summed E-state index contributed by atoms with van der Waals surface area (Å²) < 4.78 is 0. The van der Waals surface area contributed by atoms with Gasteiger partial charge in [0.15, 0.2) is 0 Å². The minimum absolute atomic E-state index is 0.813. The van der Waals surface area contributed by atoms with Crippen molar-refractivity contribution in [1.82, 2.24) is 0 Å². The molecular weight excluding hydrogens is 118 g/mol. The number of nitrogens with two attached hydrogens (primary N) is 1. The molecule has 1 aromatic heterocycles. The first-order valence-electron chi connectivity index (χ1n) is 2.38. The van der Waals surface area contributed by atoms with E-state index < -0.39 is 0 Å². The monoisotopic (exact) mass is 126 g/mol. The van der Waals surface area contributed by atoms with E-state index in [1.807, 2.05) is 13.0 Å². The number of nitrogen functional groups attached to an aromatic ring is 1. The first kappa shape index (κ1) is 5.63. The van der Waals surface area contributed by atoms with Crippen molar-refractivity contribution in [2.24, 2.45) is 0 Å². The van der Waals surface area contributed by atoms with E-state index in [-0.39, 0.29) is 0 Å². The number of anilines is 1. The van der Waals surface area contributed by atoms with E-state index in [2.05, 4.69) is 6.92 Å². The Balaban J connectivity index is 3.14. The molecule has 2 heteroatoms. The molecule has 0 aliphatic carbocycles. The Morgan fingerprint density at radius 1 is 1.75 bits per heavy atom. The third kappa shape index (κ3) is 0.842. The van der Waals surface area contributed by atoms with E-state index in [0.717, 1.165) is 10.6 Å². The maximum Gasteiger partial charge on any atom is 0.0458 e. The maximum absolute atomic E-state index is 5.49. The van der Waals surface area contributed by atoms with Crippen LogP contribution in [0.4, 0.5) is 5.69 Å². The number of hydrogen-bond acceptors (Lipinski definition) is 2. The first-order valence-corrected chi connectivity index (χ1v) is 3.19. The minimum Gasteiger partial charge on any atom is -0.398 e. The van der Waals surface area contributed by atoms with Gasteiger partial charge in [-0.3, -0.25) is 0 Å². The van der Waals surface area contributed by atoms with Gasteiger partial charge in [-0.15, -0.1) is 11.3 Å². The van der Waals surface area contributed by atoms with Crippen molar-refractivity contribution < 1.29 is 0 Å². The van der Waals surface area contributed by atoms with Gasteiger partial charge in [0.1, 0.15) is 0 Å². The largest absolute Gasteiger partial charge is 0.398 e. The molecule has 43 valence electrons. The van der Waals surface area contributed by atoms with E-state index in [0.29, 0.717) is 0 Å². The van der Waals surface area contributed by atoms with Crippen LogP contribution in [0.5, 0.6) is 0 Å². The summed E-state index contributed by atoms with van der Waals surface area (Å²) in [6.07, 6.45) is 0. The molecule has 0 saturated carbocycles. The Labute approximate surface area is 53.1 Å². The van der Waals surface area contributed by atoms with Crippen molar-refractivity contribution in [3.8, 4) is 0 Å². The molecule has 0 amide bonds. The Morgan fingerprint density at radius 3 is 2.50 bits per heavy atom. The van der Waals surface area contributed by atoms with Gasteiger partial charge in [0.05, 0.1) is 0 Å². The van der Waals surface area contributed by atoms with Gasteiger partial charge in [0, 0.05) is 15.4 Å². The first-order chi connectivity index (χ1) is 3.70. The number of aryl methyl sites for hydroxylation is 1. The molecule has 0 unspecified atom stereocenters. The van der Waals surface area contributed by atoms with Crippen LogP contribution in [-0.2, 0) is 0 Å². The molecule has 8 heavy (non-hydrogen) atoms. The molecule has 0 saturated heterocycles. The predicted molar refractivity (Wildman–Crippen MR) is 37.9 cm³/mol. The van der Waals surface area contributed by atoms with Gasteiger partial charge in [0.25, 0.3) is 0 Å². The topological polar surface area (TPSA) is 26.0 Å².